The lowest BCUT2D eigenvalue weighted by Gasteiger charge is -2.19. The minimum atomic E-state index is -3.02. The van der Waals surface area contributed by atoms with Gasteiger partial charge in [0.05, 0.1) is 17.3 Å². The molecule has 0 aliphatic carbocycles. The molecule has 0 aromatic carbocycles. The number of anilines is 2. The molecule has 9 heteroatoms. The van der Waals surface area contributed by atoms with Crippen LogP contribution in [0.4, 0.5) is 11.8 Å². The summed E-state index contributed by atoms with van der Waals surface area (Å²) in [4.78, 5) is 10.6. The van der Waals surface area contributed by atoms with Crippen LogP contribution in [0.1, 0.15) is 13.3 Å². The van der Waals surface area contributed by atoms with E-state index in [4.69, 9.17) is 0 Å². The van der Waals surface area contributed by atoms with E-state index in [0.29, 0.717) is 24.0 Å². The van der Waals surface area contributed by atoms with E-state index in [1.165, 1.54) is 6.26 Å². The molecule has 0 aliphatic rings. The minimum Gasteiger partial charge on any atom is -0.358 e. The van der Waals surface area contributed by atoms with Crippen LogP contribution >= 0.6 is 0 Å². The Bertz CT molecular complexity index is 712. The van der Waals surface area contributed by atoms with E-state index < -0.39 is 9.84 Å². The quantitative estimate of drug-likeness (QED) is 0.773. The first-order chi connectivity index (χ1) is 9.90. The predicted octanol–water partition coefficient (Wildman–Crippen LogP) is 0.656. The normalized spacial score (nSPS) is 11.8. The van der Waals surface area contributed by atoms with Gasteiger partial charge in [-0.05, 0) is 6.42 Å². The first-order valence-corrected chi connectivity index (χ1v) is 8.80. The van der Waals surface area contributed by atoms with E-state index in [1.807, 2.05) is 7.05 Å². The predicted molar refractivity (Wildman–Crippen MR) is 83.4 cm³/mol. The number of hydrogen-bond donors (Lipinski definition) is 2. The van der Waals surface area contributed by atoms with Crippen LogP contribution in [0.25, 0.3) is 11.0 Å². The summed E-state index contributed by atoms with van der Waals surface area (Å²) in [5, 5.41) is 10.7. The van der Waals surface area contributed by atoms with Gasteiger partial charge in [-0.2, -0.15) is 15.1 Å². The van der Waals surface area contributed by atoms with Crippen LogP contribution in [-0.2, 0) is 9.84 Å². The van der Waals surface area contributed by atoms with Gasteiger partial charge in [-0.1, -0.05) is 6.92 Å². The van der Waals surface area contributed by atoms with Crippen molar-refractivity contribution < 1.29 is 8.42 Å². The Labute approximate surface area is 123 Å². The van der Waals surface area contributed by atoms with E-state index in [9.17, 15) is 8.42 Å². The highest BCUT2D eigenvalue weighted by Gasteiger charge is 2.14. The third-order valence-electron chi connectivity index (χ3n) is 2.98. The zero-order valence-electron chi connectivity index (χ0n) is 12.4. The average molecular weight is 312 g/mol. The van der Waals surface area contributed by atoms with Crippen LogP contribution < -0.4 is 10.2 Å². The van der Waals surface area contributed by atoms with Crippen molar-refractivity contribution >= 4 is 32.6 Å². The molecule has 2 aromatic rings. The summed E-state index contributed by atoms with van der Waals surface area (Å²) in [6.45, 7) is 3.19. The third kappa shape index (κ3) is 4.03. The molecule has 2 rings (SSSR count). The maximum absolute atomic E-state index is 11.3. The summed E-state index contributed by atoms with van der Waals surface area (Å²) in [6, 6.07) is 0. The Balaban J connectivity index is 2.29. The summed E-state index contributed by atoms with van der Waals surface area (Å²) in [7, 11) is -1.21. The zero-order chi connectivity index (χ0) is 15.5. The molecule has 2 N–H and O–H groups in total. The second-order valence-electron chi connectivity index (χ2n) is 4.98. The second kappa shape index (κ2) is 6.25. The van der Waals surface area contributed by atoms with Crippen molar-refractivity contribution in [2.45, 2.75) is 13.3 Å². The Morgan fingerprint density at radius 1 is 1.38 bits per heavy atom. The van der Waals surface area contributed by atoms with E-state index >= 15 is 0 Å². The molecule has 0 unspecified atom stereocenters. The molecule has 0 aliphatic heterocycles. The number of rotatable bonds is 7. The molecule has 21 heavy (non-hydrogen) atoms. The fourth-order valence-electron chi connectivity index (χ4n) is 1.84. The van der Waals surface area contributed by atoms with Crippen molar-refractivity contribution in [3.63, 3.8) is 0 Å². The molecule has 0 amide bonds. The molecule has 8 nitrogen and oxygen atoms in total. The van der Waals surface area contributed by atoms with E-state index in [1.54, 1.807) is 11.1 Å². The number of nitrogens with zero attached hydrogens (tertiary/aromatic N) is 4. The van der Waals surface area contributed by atoms with Crippen molar-refractivity contribution in [1.29, 1.82) is 0 Å². The molecule has 0 fully saturated rings. The van der Waals surface area contributed by atoms with Gasteiger partial charge in [-0.15, -0.1) is 0 Å². The van der Waals surface area contributed by atoms with Gasteiger partial charge in [0.25, 0.3) is 0 Å². The lowest BCUT2D eigenvalue weighted by atomic mass is 10.3. The highest BCUT2D eigenvalue weighted by atomic mass is 32.2. The van der Waals surface area contributed by atoms with Crippen LogP contribution in [0.2, 0.25) is 0 Å². The molecule has 0 radical (unpaired) electrons. The van der Waals surface area contributed by atoms with Gasteiger partial charge in [-0.3, -0.25) is 5.10 Å². The molecule has 0 saturated heterocycles. The van der Waals surface area contributed by atoms with Crippen molar-refractivity contribution in [2.75, 3.05) is 42.4 Å². The molecular weight excluding hydrogens is 292 g/mol. The largest absolute Gasteiger partial charge is 0.358 e. The van der Waals surface area contributed by atoms with Gasteiger partial charge in [0, 0.05) is 26.4 Å². The number of sulfone groups is 1. The van der Waals surface area contributed by atoms with Crippen LogP contribution in [0.5, 0.6) is 0 Å². The van der Waals surface area contributed by atoms with Gasteiger partial charge in [-0.25, -0.2) is 8.42 Å². The highest BCUT2D eigenvalue weighted by Crippen LogP contribution is 2.22. The highest BCUT2D eigenvalue weighted by molar-refractivity contribution is 7.90. The molecule has 0 spiro atoms. The lowest BCUT2D eigenvalue weighted by Crippen LogP contribution is -2.26. The summed E-state index contributed by atoms with van der Waals surface area (Å²) >= 11 is 0. The molecule has 116 valence electrons. The number of aromatic amines is 1. The fourth-order valence-corrected chi connectivity index (χ4v) is 2.44. The zero-order valence-corrected chi connectivity index (χ0v) is 13.2. The van der Waals surface area contributed by atoms with Crippen molar-refractivity contribution in [3.8, 4) is 0 Å². The van der Waals surface area contributed by atoms with Crippen LogP contribution in [0, 0.1) is 0 Å². The molecule has 0 saturated carbocycles. The number of fused-ring (bicyclic) bond motifs is 1. The Kier molecular flexibility index (Phi) is 4.61. The van der Waals surface area contributed by atoms with Crippen LogP contribution in [-0.4, -0.2) is 60.7 Å². The molecular formula is C12H20N6O2S. The topological polar surface area (TPSA) is 104 Å². The standard InChI is InChI=1S/C12H20N6O2S/c1-4-5-13-12-15-10-9(8-14-17-10)11(16-12)18(2)6-7-21(3,19)20/h8H,4-7H2,1-3H3,(H2,13,14,15,16,17). The van der Waals surface area contributed by atoms with E-state index in [0.717, 1.165) is 18.4 Å². The Morgan fingerprint density at radius 3 is 2.81 bits per heavy atom. The summed E-state index contributed by atoms with van der Waals surface area (Å²) in [5.41, 5.74) is 0.629. The average Bonchev–Trinajstić information content (AvgIpc) is 2.89. The first-order valence-electron chi connectivity index (χ1n) is 6.74. The number of hydrogen-bond acceptors (Lipinski definition) is 7. The Morgan fingerprint density at radius 2 is 2.14 bits per heavy atom. The fraction of sp³-hybridized carbons (Fsp3) is 0.583. The summed E-state index contributed by atoms with van der Waals surface area (Å²) in [6.07, 6.45) is 3.83. The maximum Gasteiger partial charge on any atom is 0.226 e. The monoisotopic (exact) mass is 312 g/mol. The van der Waals surface area contributed by atoms with Gasteiger partial charge in [0.1, 0.15) is 15.7 Å². The smallest absolute Gasteiger partial charge is 0.226 e. The molecule has 2 aromatic heterocycles. The van der Waals surface area contributed by atoms with Crippen molar-refractivity contribution in [2.24, 2.45) is 0 Å². The second-order valence-corrected chi connectivity index (χ2v) is 7.24. The van der Waals surface area contributed by atoms with E-state index in [-0.39, 0.29) is 5.75 Å². The van der Waals surface area contributed by atoms with Crippen LogP contribution in [0.3, 0.4) is 0 Å². The first kappa shape index (κ1) is 15.5. The number of nitrogens with one attached hydrogen (secondary N) is 2. The molecule has 2 heterocycles. The maximum atomic E-state index is 11.3. The number of H-pyrrole nitrogens is 1. The van der Waals surface area contributed by atoms with Crippen molar-refractivity contribution in [3.05, 3.63) is 6.20 Å². The molecule has 0 bridgehead atoms. The minimum absolute atomic E-state index is 0.0740. The summed E-state index contributed by atoms with van der Waals surface area (Å²) < 4.78 is 22.6. The van der Waals surface area contributed by atoms with Crippen molar-refractivity contribution in [1.82, 2.24) is 20.2 Å². The third-order valence-corrected chi connectivity index (χ3v) is 3.91. The van der Waals surface area contributed by atoms with Crippen LogP contribution in [0.15, 0.2) is 6.20 Å². The van der Waals surface area contributed by atoms with E-state index in [2.05, 4.69) is 32.4 Å². The Hall–Kier alpha value is -1.90. The molecule has 0 atom stereocenters. The lowest BCUT2D eigenvalue weighted by molar-refractivity contribution is 0.601. The number of aromatic nitrogens is 4. The van der Waals surface area contributed by atoms with Gasteiger partial charge in [0.2, 0.25) is 5.95 Å². The van der Waals surface area contributed by atoms with Gasteiger partial charge in [0.15, 0.2) is 5.65 Å². The SMILES string of the molecule is CCCNc1nc(N(C)CCS(C)(=O)=O)c2cn[nH]c2n1. The summed E-state index contributed by atoms with van der Waals surface area (Å²) in [5.74, 6) is 1.25. The van der Waals surface area contributed by atoms with Gasteiger partial charge < -0.3 is 10.2 Å². The van der Waals surface area contributed by atoms with Gasteiger partial charge >= 0.3 is 0 Å².